The number of hydrogen-bond acceptors (Lipinski definition) is 4. The van der Waals surface area contributed by atoms with Crippen LogP contribution in [0, 0.1) is 6.92 Å². The van der Waals surface area contributed by atoms with Crippen molar-refractivity contribution >= 4 is 16.8 Å². The van der Waals surface area contributed by atoms with Crippen LogP contribution in [-0.2, 0) is 0 Å². The maximum atomic E-state index is 5.55. The van der Waals surface area contributed by atoms with E-state index in [1.54, 1.807) is 13.2 Å². The first-order chi connectivity index (χ1) is 8.69. The molecule has 0 aliphatic rings. The van der Waals surface area contributed by atoms with E-state index >= 15 is 0 Å². The molecule has 3 rings (SSSR count). The van der Waals surface area contributed by atoms with Crippen molar-refractivity contribution in [3.05, 3.63) is 30.0 Å². The Morgan fingerprint density at radius 3 is 2.83 bits per heavy atom. The van der Waals surface area contributed by atoms with Crippen molar-refractivity contribution in [1.29, 1.82) is 0 Å². The highest BCUT2D eigenvalue weighted by Gasteiger charge is 2.12. The summed E-state index contributed by atoms with van der Waals surface area (Å²) in [7, 11) is 1.65. The van der Waals surface area contributed by atoms with Gasteiger partial charge in [-0.1, -0.05) is 5.16 Å². The Balaban J connectivity index is 2.27. The van der Waals surface area contributed by atoms with Gasteiger partial charge in [-0.05, 0) is 24.6 Å². The number of nitrogens with one attached hydrogen (secondary N) is 1. The van der Waals surface area contributed by atoms with Crippen LogP contribution in [0.2, 0.25) is 0 Å². The summed E-state index contributed by atoms with van der Waals surface area (Å²) in [6.45, 7) is 2.03. The molecule has 0 aliphatic heterocycles. The number of ether oxygens (including phenoxy) is 1. The predicted molar refractivity (Wildman–Crippen MR) is 69.5 cm³/mol. The van der Waals surface area contributed by atoms with Crippen molar-refractivity contribution in [3.63, 3.8) is 0 Å². The van der Waals surface area contributed by atoms with Gasteiger partial charge in [-0.15, -0.1) is 0 Å². The zero-order valence-corrected chi connectivity index (χ0v) is 10.2. The van der Waals surface area contributed by atoms with Gasteiger partial charge < -0.3 is 20.0 Å². The maximum absolute atomic E-state index is 5.55. The Labute approximate surface area is 104 Å². The lowest BCUT2D eigenvalue weighted by Crippen LogP contribution is -1.85. The van der Waals surface area contributed by atoms with Crippen molar-refractivity contribution in [3.8, 4) is 17.0 Å². The molecule has 0 atom stereocenters. The van der Waals surface area contributed by atoms with Crippen molar-refractivity contribution < 1.29 is 9.26 Å². The predicted octanol–water partition coefficient (Wildman–Crippen LogP) is 2.72. The summed E-state index contributed by atoms with van der Waals surface area (Å²) in [5.74, 6) is 1.12. The molecule has 0 fully saturated rings. The normalized spacial score (nSPS) is 11.0. The minimum absolute atomic E-state index is 0.305. The number of nitrogens with zero attached hydrogens (tertiary/aromatic N) is 1. The second-order valence-electron chi connectivity index (χ2n) is 4.18. The fraction of sp³-hybridized carbons (Fsp3) is 0.154. The number of anilines is 1. The Bertz CT molecular complexity index is 712. The lowest BCUT2D eigenvalue weighted by molar-refractivity contribution is 0.415. The minimum atomic E-state index is 0.305. The Morgan fingerprint density at radius 2 is 2.17 bits per heavy atom. The van der Waals surface area contributed by atoms with E-state index in [2.05, 4.69) is 10.1 Å². The summed E-state index contributed by atoms with van der Waals surface area (Å²) in [6, 6.07) is 5.66. The van der Waals surface area contributed by atoms with Gasteiger partial charge in [0.1, 0.15) is 11.4 Å². The highest BCUT2D eigenvalue weighted by molar-refractivity contribution is 5.97. The summed E-state index contributed by atoms with van der Waals surface area (Å²) in [5, 5.41) is 4.97. The van der Waals surface area contributed by atoms with Gasteiger partial charge >= 0.3 is 0 Å². The molecule has 3 N–H and O–H groups in total. The summed E-state index contributed by atoms with van der Waals surface area (Å²) in [4.78, 5) is 3.24. The molecule has 0 amide bonds. The number of aromatic amines is 1. The molecular weight excluding hydrogens is 230 g/mol. The standard InChI is InChI=1S/C13H13N3O2/c1-7-3-8(17-2)4-9-10(6-15-13(7)9)11-5-12(14)18-16-11/h3-6,15H,14H2,1-2H3. The molecule has 0 saturated heterocycles. The van der Waals surface area contributed by atoms with Crippen LogP contribution < -0.4 is 10.5 Å². The molecule has 0 unspecified atom stereocenters. The second kappa shape index (κ2) is 3.80. The van der Waals surface area contributed by atoms with Crippen LogP contribution in [0.25, 0.3) is 22.2 Å². The van der Waals surface area contributed by atoms with E-state index in [9.17, 15) is 0 Å². The van der Waals surface area contributed by atoms with E-state index in [-0.39, 0.29) is 0 Å². The highest BCUT2D eigenvalue weighted by atomic mass is 16.5. The Hall–Kier alpha value is -2.43. The van der Waals surface area contributed by atoms with E-state index in [0.29, 0.717) is 11.6 Å². The number of methoxy groups -OCH3 is 1. The monoisotopic (exact) mass is 243 g/mol. The average Bonchev–Trinajstić information content (AvgIpc) is 2.95. The third-order valence-electron chi connectivity index (χ3n) is 3.00. The van der Waals surface area contributed by atoms with Crippen LogP contribution in [0.1, 0.15) is 5.56 Å². The molecule has 1 aromatic carbocycles. The number of nitrogens with two attached hydrogens (primary N) is 1. The first-order valence-corrected chi connectivity index (χ1v) is 5.57. The van der Waals surface area contributed by atoms with Gasteiger partial charge in [0.15, 0.2) is 0 Å². The van der Waals surface area contributed by atoms with E-state index in [4.69, 9.17) is 15.0 Å². The molecule has 0 bridgehead atoms. The van der Waals surface area contributed by atoms with Crippen molar-refractivity contribution in [2.75, 3.05) is 12.8 Å². The summed E-state index contributed by atoms with van der Waals surface area (Å²) in [6.07, 6.45) is 1.90. The molecule has 3 aromatic rings. The Kier molecular flexibility index (Phi) is 2.26. The molecule has 92 valence electrons. The van der Waals surface area contributed by atoms with Crippen LogP contribution in [-0.4, -0.2) is 17.3 Å². The van der Waals surface area contributed by atoms with E-state index < -0.39 is 0 Å². The summed E-state index contributed by atoms with van der Waals surface area (Å²) in [5.41, 5.74) is 9.40. The average molecular weight is 243 g/mol. The first kappa shape index (κ1) is 10.7. The fourth-order valence-electron chi connectivity index (χ4n) is 2.13. The lowest BCUT2D eigenvalue weighted by Gasteiger charge is -2.03. The van der Waals surface area contributed by atoms with E-state index in [1.165, 1.54) is 0 Å². The van der Waals surface area contributed by atoms with Crippen LogP contribution in [0.15, 0.2) is 28.9 Å². The molecular formula is C13H13N3O2. The van der Waals surface area contributed by atoms with Gasteiger partial charge in [0.25, 0.3) is 0 Å². The second-order valence-corrected chi connectivity index (χ2v) is 4.18. The quantitative estimate of drug-likeness (QED) is 0.725. The highest BCUT2D eigenvalue weighted by Crippen LogP contribution is 2.33. The number of nitrogen functional groups attached to an aromatic ring is 1. The number of hydrogen-bond donors (Lipinski definition) is 2. The fourth-order valence-corrected chi connectivity index (χ4v) is 2.13. The van der Waals surface area contributed by atoms with Crippen molar-refractivity contribution in [1.82, 2.24) is 10.1 Å². The maximum Gasteiger partial charge on any atom is 0.222 e. The van der Waals surface area contributed by atoms with Crippen molar-refractivity contribution in [2.24, 2.45) is 0 Å². The Morgan fingerprint density at radius 1 is 1.33 bits per heavy atom. The largest absolute Gasteiger partial charge is 0.497 e. The zero-order chi connectivity index (χ0) is 12.7. The minimum Gasteiger partial charge on any atom is -0.497 e. The number of H-pyrrole nitrogens is 1. The molecule has 18 heavy (non-hydrogen) atoms. The van der Waals surface area contributed by atoms with Gasteiger partial charge in [0.05, 0.1) is 7.11 Å². The molecule has 0 spiro atoms. The van der Waals surface area contributed by atoms with Crippen LogP contribution in [0.5, 0.6) is 5.75 Å². The number of aromatic nitrogens is 2. The van der Waals surface area contributed by atoms with Crippen LogP contribution >= 0.6 is 0 Å². The number of aryl methyl sites for hydroxylation is 1. The molecule has 0 aliphatic carbocycles. The lowest BCUT2D eigenvalue weighted by atomic mass is 10.1. The number of benzene rings is 1. The molecule has 5 heteroatoms. The van der Waals surface area contributed by atoms with Gasteiger partial charge in [0.2, 0.25) is 5.88 Å². The zero-order valence-electron chi connectivity index (χ0n) is 10.2. The van der Waals surface area contributed by atoms with Gasteiger partial charge in [0, 0.05) is 28.7 Å². The van der Waals surface area contributed by atoms with Gasteiger partial charge in [-0.2, -0.15) is 0 Å². The molecule has 0 radical (unpaired) electrons. The molecule has 2 heterocycles. The topological polar surface area (TPSA) is 77.1 Å². The van der Waals surface area contributed by atoms with E-state index in [1.807, 2.05) is 25.3 Å². The molecule has 5 nitrogen and oxygen atoms in total. The molecule has 0 saturated carbocycles. The summed E-state index contributed by atoms with van der Waals surface area (Å²) < 4.78 is 10.2. The van der Waals surface area contributed by atoms with Gasteiger partial charge in [-0.3, -0.25) is 0 Å². The third-order valence-corrected chi connectivity index (χ3v) is 3.00. The van der Waals surface area contributed by atoms with E-state index in [0.717, 1.165) is 27.8 Å². The first-order valence-electron chi connectivity index (χ1n) is 5.57. The van der Waals surface area contributed by atoms with Gasteiger partial charge in [-0.25, -0.2) is 0 Å². The third kappa shape index (κ3) is 1.52. The number of fused-ring (bicyclic) bond motifs is 1. The number of rotatable bonds is 2. The summed E-state index contributed by atoms with van der Waals surface area (Å²) >= 11 is 0. The van der Waals surface area contributed by atoms with Crippen LogP contribution in [0.3, 0.4) is 0 Å². The van der Waals surface area contributed by atoms with Crippen LogP contribution in [0.4, 0.5) is 5.88 Å². The van der Waals surface area contributed by atoms with Crippen molar-refractivity contribution in [2.45, 2.75) is 6.92 Å². The molecule has 2 aromatic heterocycles. The smallest absolute Gasteiger partial charge is 0.222 e. The SMILES string of the molecule is COc1cc(C)c2[nH]cc(-c3cc(N)on3)c2c1.